The molecule has 1 aromatic rings. The number of benzene rings is 1. The first-order chi connectivity index (χ1) is 10.1. The van der Waals surface area contributed by atoms with Crippen LogP contribution in [0.15, 0.2) is 18.2 Å². The third kappa shape index (κ3) is 4.81. The fourth-order valence-corrected chi connectivity index (χ4v) is 3.11. The van der Waals surface area contributed by atoms with Crippen LogP contribution in [0.2, 0.25) is 10.0 Å². The first kappa shape index (κ1) is 17.0. The van der Waals surface area contributed by atoms with Crippen LogP contribution >= 0.6 is 23.2 Å². The van der Waals surface area contributed by atoms with Gasteiger partial charge in [0.05, 0.1) is 16.7 Å². The predicted octanol–water partition coefficient (Wildman–Crippen LogP) is 1.99. The van der Waals surface area contributed by atoms with Gasteiger partial charge in [0.1, 0.15) is 0 Å². The second kappa shape index (κ2) is 8.32. The van der Waals surface area contributed by atoms with Gasteiger partial charge in [0, 0.05) is 45.3 Å². The van der Waals surface area contributed by atoms with Crippen molar-refractivity contribution in [1.82, 2.24) is 9.80 Å². The van der Waals surface area contributed by atoms with Crippen molar-refractivity contribution in [2.75, 3.05) is 45.9 Å². The number of rotatable bonds is 6. The summed E-state index contributed by atoms with van der Waals surface area (Å²) < 4.78 is 0. The molecule has 2 rings (SSSR count). The topological polar surface area (TPSA) is 52.7 Å². The average molecular weight is 332 g/mol. The Bertz CT molecular complexity index is 451. The number of piperazine rings is 1. The Morgan fingerprint density at radius 2 is 1.71 bits per heavy atom. The van der Waals surface area contributed by atoms with Crippen LogP contribution in [0, 0.1) is 0 Å². The van der Waals surface area contributed by atoms with Gasteiger partial charge in [-0.1, -0.05) is 35.3 Å². The standard InChI is InChI=1S/C15H23Cl2N3O/c16-13-3-1-2-12(15(13)17)14(18)4-5-19-6-8-20(9-7-19)10-11-21/h1-3,14,21H,4-11,18H2. The van der Waals surface area contributed by atoms with Crippen LogP contribution in [-0.4, -0.2) is 60.8 Å². The van der Waals surface area contributed by atoms with Crippen LogP contribution in [0.3, 0.4) is 0 Å². The minimum absolute atomic E-state index is 0.0910. The largest absolute Gasteiger partial charge is 0.395 e. The Hall–Kier alpha value is -0.360. The molecule has 0 radical (unpaired) electrons. The van der Waals surface area contributed by atoms with Gasteiger partial charge in [0.2, 0.25) is 0 Å². The summed E-state index contributed by atoms with van der Waals surface area (Å²) in [6.45, 7) is 6.02. The van der Waals surface area contributed by atoms with E-state index in [-0.39, 0.29) is 12.6 Å². The van der Waals surface area contributed by atoms with Crippen LogP contribution in [0.1, 0.15) is 18.0 Å². The lowest BCUT2D eigenvalue weighted by Crippen LogP contribution is -2.47. The maximum absolute atomic E-state index is 8.94. The van der Waals surface area contributed by atoms with Crippen LogP contribution in [0.5, 0.6) is 0 Å². The molecule has 3 N–H and O–H groups in total. The second-order valence-electron chi connectivity index (χ2n) is 5.45. The molecule has 1 unspecified atom stereocenters. The summed E-state index contributed by atoms with van der Waals surface area (Å²) in [5.41, 5.74) is 7.16. The molecule has 0 aliphatic carbocycles. The Kier molecular flexibility index (Phi) is 6.74. The monoisotopic (exact) mass is 331 g/mol. The lowest BCUT2D eigenvalue weighted by atomic mass is 10.0. The SMILES string of the molecule is NC(CCN1CCN(CCO)CC1)c1cccc(Cl)c1Cl. The lowest BCUT2D eigenvalue weighted by Gasteiger charge is -2.34. The summed E-state index contributed by atoms with van der Waals surface area (Å²) >= 11 is 12.2. The number of β-amino-alcohol motifs (C(OH)–C–C–N with tert-alkyl or cyclic N) is 1. The van der Waals surface area contributed by atoms with E-state index in [0.717, 1.165) is 51.3 Å². The predicted molar refractivity (Wildman–Crippen MR) is 88.0 cm³/mol. The van der Waals surface area contributed by atoms with Crippen molar-refractivity contribution in [3.63, 3.8) is 0 Å². The summed E-state index contributed by atoms with van der Waals surface area (Å²) in [5, 5.41) is 10.1. The molecule has 1 aromatic carbocycles. The number of nitrogens with two attached hydrogens (primary N) is 1. The first-order valence-corrected chi connectivity index (χ1v) is 8.12. The molecule has 0 aromatic heterocycles. The molecule has 1 fully saturated rings. The Morgan fingerprint density at radius 1 is 1.10 bits per heavy atom. The van der Waals surface area contributed by atoms with Crippen molar-refractivity contribution in [2.24, 2.45) is 5.73 Å². The normalized spacial score (nSPS) is 18.9. The molecule has 1 atom stereocenters. The molecule has 0 spiro atoms. The van der Waals surface area contributed by atoms with E-state index >= 15 is 0 Å². The molecule has 0 bridgehead atoms. The Morgan fingerprint density at radius 3 is 2.33 bits per heavy atom. The number of aliphatic hydroxyl groups is 1. The molecule has 6 heteroatoms. The zero-order valence-electron chi connectivity index (χ0n) is 12.1. The summed E-state index contributed by atoms with van der Waals surface area (Å²) in [4.78, 5) is 4.69. The molecule has 21 heavy (non-hydrogen) atoms. The average Bonchev–Trinajstić information content (AvgIpc) is 2.49. The van der Waals surface area contributed by atoms with Gasteiger partial charge in [0.25, 0.3) is 0 Å². The molecule has 1 aliphatic rings. The van der Waals surface area contributed by atoms with Gasteiger partial charge in [-0.15, -0.1) is 0 Å². The minimum atomic E-state index is -0.0910. The van der Waals surface area contributed by atoms with Gasteiger partial charge in [-0.2, -0.15) is 0 Å². The highest BCUT2D eigenvalue weighted by Crippen LogP contribution is 2.30. The van der Waals surface area contributed by atoms with Crippen LogP contribution < -0.4 is 5.73 Å². The number of halogens is 2. The Labute approximate surface area is 136 Å². The van der Waals surface area contributed by atoms with Gasteiger partial charge in [-0.3, -0.25) is 4.90 Å². The molecular formula is C15H23Cl2N3O. The zero-order chi connectivity index (χ0) is 15.2. The van der Waals surface area contributed by atoms with Crippen molar-refractivity contribution in [2.45, 2.75) is 12.5 Å². The number of nitrogens with zero attached hydrogens (tertiary/aromatic N) is 2. The highest BCUT2D eigenvalue weighted by molar-refractivity contribution is 6.42. The van der Waals surface area contributed by atoms with Crippen molar-refractivity contribution in [3.05, 3.63) is 33.8 Å². The molecule has 1 heterocycles. The smallest absolute Gasteiger partial charge is 0.0640 e. The summed E-state index contributed by atoms with van der Waals surface area (Å²) in [6.07, 6.45) is 0.861. The van der Waals surface area contributed by atoms with Gasteiger partial charge in [-0.05, 0) is 18.1 Å². The van der Waals surface area contributed by atoms with E-state index in [1.54, 1.807) is 6.07 Å². The quantitative estimate of drug-likeness (QED) is 0.837. The number of hydrogen-bond acceptors (Lipinski definition) is 4. The summed E-state index contributed by atoms with van der Waals surface area (Å²) in [5.74, 6) is 0. The van der Waals surface area contributed by atoms with Crippen molar-refractivity contribution in [3.8, 4) is 0 Å². The van der Waals surface area contributed by atoms with Gasteiger partial charge in [-0.25, -0.2) is 0 Å². The molecule has 0 amide bonds. The molecule has 0 saturated carbocycles. The fourth-order valence-electron chi connectivity index (χ4n) is 2.66. The van der Waals surface area contributed by atoms with E-state index in [9.17, 15) is 0 Å². The minimum Gasteiger partial charge on any atom is -0.395 e. The zero-order valence-corrected chi connectivity index (χ0v) is 13.7. The van der Waals surface area contributed by atoms with Gasteiger partial charge in [0.15, 0.2) is 0 Å². The second-order valence-corrected chi connectivity index (χ2v) is 6.23. The van der Waals surface area contributed by atoms with E-state index in [4.69, 9.17) is 34.0 Å². The van der Waals surface area contributed by atoms with Gasteiger partial charge >= 0.3 is 0 Å². The number of hydrogen-bond donors (Lipinski definition) is 2. The third-order valence-corrected chi connectivity index (χ3v) is 4.85. The van der Waals surface area contributed by atoms with Crippen molar-refractivity contribution >= 4 is 23.2 Å². The van der Waals surface area contributed by atoms with E-state index < -0.39 is 0 Å². The molecular weight excluding hydrogens is 309 g/mol. The van der Waals surface area contributed by atoms with Crippen molar-refractivity contribution < 1.29 is 5.11 Å². The summed E-state index contributed by atoms with van der Waals surface area (Å²) in [7, 11) is 0. The third-order valence-electron chi connectivity index (χ3n) is 4.02. The lowest BCUT2D eigenvalue weighted by molar-refractivity contribution is 0.110. The van der Waals surface area contributed by atoms with Crippen molar-refractivity contribution in [1.29, 1.82) is 0 Å². The molecule has 1 aliphatic heterocycles. The highest BCUT2D eigenvalue weighted by Gasteiger charge is 2.18. The molecule has 4 nitrogen and oxygen atoms in total. The van der Waals surface area contributed by atoms with Crippen LogP contribution in [-0.2, 0) is 0 Å². The summed E-state index contributed by atoms with van der Waals surface area (Å²) in [6, 6.07) is 5.52. The maximum atomic E-state index is 8.94. The van der Waals surface area contributed by atoms with Crippen LogP contribution in [0.25, 0.3) is 0 Å². The fraction of sp³-hybridized carbons (Fsp3) is 0.600. The molecule has 118 valence electrons. The van der Waals surface area contributed by atoms with E-state index in [1.807, 2.05) is 12.1 Å². The van der Waals surface area contributed by atoms with E-state index in [1.165, 1.54) is 0 Å². The molecule has 1 saturated heterocycles. The van der Waals surface area contributed by atoms with Gasteiger partial charge < -0.3 is 15.7 Å². The maximum Gasteiger partial charge on any atom is 0.0640 e. The van der Waals surface area contributed by atoms with E-state index in [2.05, 4.69) is 9.80 Å². The van der Waals surface area contributed by atoms with Crippen LogP contribution in [0.4, 0.5) is 0 Å². The highest BCUT2D eigenvalue weighted by atomic mass is 35.5. The van der Waals surface area contributed by atoms with E-state index in [0.29, 0.717) is 10.0 Å². The number of aliphatic hydroxyl groups excluding tert-OH is 1. The Balaban J connectivity index is 1.79. The first-order valence-electron chi connectivity index (χ1n) is 7.37.